The number of nitrogens with one attached hydrogen (secondary N) is 1. The van der Waals surface area contributed by atoms with E-state index < -0.39 is 11.9 Å². The van der Waals surface area contributed by atoms with Gasteiger partial charge in [-0.05, 0) is 38.0 Å². The number of hydrogen-bond donors (Lipinski definition) is 1. The number of rotatable bonds is 4. The maximum absolute atomic E-state index is 13.7. The van der Waals surface area contributed by atoms with Gasteiger partial charge >= 0.3 is 0 Å². The SMILES string of the molecule is CC(Oc1ccc(C#N)cc1F)C(=O)NC1CCCC1. The van der Waals surface area contributed by atoms with E-state index in [9.17, 15) is 9.18 Å². The number of ether oxygens (including phenoxy) is 1. The van der Waals surface area contributed by atoms with Crippen LogP contribution in [0.1, 0.15) is 38.2 Å². The lowest BCUT2D eigenvalue weighted by Crippen LogP contribution is -2.41. The van der Waals surface area contributed by atoms with Gasteiger partial charge in [0.05, 0.1) is 11.6 Å². The zero-order valence-electron chi connectivity index (χ0n) is 11.4. The summed E-state index contributed by atoms with van der Waals surface area (Å²) in [6, 6.07) is 5.97. The normalized spacial score (nSPS) is 16.4. The Kier molecular flexibility index (Phi) is 4.57. The molecule has 5 heteroatoms. The van der Waals surface area contributed by atoms with Gasteiger partial charge in [0.2, 0.25) is 0 Å². The van der Waals surface area contributed by atoms with Gasteiger partial charge in [-0.25, -0.2) is 4.39 Å². The first-order valence-corrected chi connectivity index (χ1v) is 6.77. The average Bonchev–Trinajstić information content (AvgIpc) is 2.93. The van der Waals surface area contributed by atoms with Crippen molar-refractivity contribution in [3.8, 4) is 11.8 Å². The summed E-state index contributed by atoms with van der Waals surface area (Å²) >= 11 is 0. The van der Waals surface area contributed by atoms with Gasteiger partial charge in [0, 0.05) is 6.04 Å². The lowest BCUT2D eigenvalue weighted by atomic mass is 10.2. The molecule has 1 atom stereocenters. The zero-order chi connectivity index (χ0) is 14.5. The Morgan fingerprint density at radius 3 is 2.80 bits per heavy atom. The fraction of sp³-hybridized carbons (Fsp3) is 0.467. The van der Waals surface area contributed by atoms with Crippen molar-refractivity contribution in [2.45, 2.75) is 44.8 Å². The number of nitrogens with zero attached hydrogens (tertiary/aromatic N) is 1. The molecule has 0 aliphatic heterocycles. The minimum absolute atomic E-state index is 0.0157. The molecule has 1 unspecified atom stereocenters. The summed E-state index contributed by atoms with van der Waals surface area (Å²) in [4.78, 5) is 11.9. The molecule has 0 spiro atoms. The largest absolute Gasteiger partial charge is 0.478 e. The molecule has 1 saturated carbocycles. The number of carbonyl (C=O) groups excluding carboxylic acids is 1. The van der Waals surface area contributed by atoms with Crippen LogP contribution in [0.2, 0.25) is 0 Å². The Bertz CT molecular complexity index is 533. The highest BCUT2D eigenvalue weighted by Gasteiger charge is 2.22. The Balaban J connectivity index is 1.94. The lowest BCUT2D eigenvalue weighted by molar-refractivity contribution is -0.128. The molecule has 1 aromatic carbocycles. The van der Waals surface area contributed by atoms with E-state index in [1.165, 1.54) is 12.1 Å². The first-order chi connectivity index (χ1) is 9.60. The minimum Gasteiger partial charge on any atom is -0.478 e. The van der Waals surface area contributed by atoms with E-state index in [0.29, 0.717) is 0 Å². The van der Waals surface area contributed by atoms with Crippen molar-refractivity contribution in [2.24, 2.45) is 0 Å². The Morgan fingerprint density at radius 1 is 1.50 bits per heavy atom. The molecule has 1 fully saturated rings. The van der Waals surface area contributed by atoms with Crippen LogP contribution in [0.5, 0.6) is 5.75 Å². The Labute approximate surface area is 117 Å². The van der Waals surface area contributed by atoms with Crippen molar-refractivity contribution >= 4 is 5.91 Å². The fourth-order valence-electron chi connectivity index (χ4n) is 2.30. The van der Waals surface area contributed by atoms with Crippen LogP contribution in [-0.4, -0.2) is 18.1 Å². The number of carbonyl (C=O) groups is 1. The van der Waals surface area contributed by atoms with Crippen molar-refractivity contribution in [3.05, 3.63) is 29.6 Å². The molecule has 0 saturated heterocycles. The van der Waals surface area contributed by atoms with E-state index in [4.69, 9.17) is 10.00 Å². The number of hydrogen-bond acceptors (Lipinski definition) is 3. The number of benzene rings is 1. The molecule has 2 rings (SSSR count). The van der Waals surface area contributed by atoms with Crippen LogP contribution in [0.3, 0.4) is 0 Å². The predicted octanol–water partition coefficient (Wildman–Crippen LogP) is 2.52. The molecule has 1 aliphatic rings. The third kappa shape index (κ3) is 3.47. The third-order valence-corrected chi connectivity index (χ3v) is 3.44. The molecule has 4 nitrogen and oxygen atoms in total. The molecule has 0 radical (unpaired) electrons. The van der Waals surface area contributed by atoms with E-state index in [1.807, 2.05) is 6.07 Å². The van der Waals surface area contributed by atoms with Crippen LogP contribution in [-0.2, 0) is 4.79 Å². The van der Waals surface area contributed by atoms with E-state index in [0.717, 1.165) is 31.7 Å². The third-order valence-electron chi connectivity index (χ3n) is 3.44. The number of nitriles is 1. The average molecular weight is 276 g/mol. The second kappa shape index (κ2) is 6.38. The number of amides is 1. The summed E-state index contributed by atoms with van der Waals surface area (Å²) in [6.07, 6.45) is 3.47. The summed E-state index contributed by atoms with van der Waals surface area (Å²) in [5.41, 5.74) is 0.220. The van der Waals surface area contributed by atoms with Crippen LogP contribution < -0.4 is 10.1 Å². The molecular formula is C15H17FN2O2. The molecule has 0 aromatic heterocycles. The van der Waals surface area contributed by atoms with Gasteiger partial charge in [0.25, 0.3) is 5.91 Å². The first kappa shape index (κ1) is 14.3. The number of halogens is 1. The van der Waals surface area contributed by atoms with Crippen molar-refractivity contribution in [1.82, 2.24) is 5.32 Å². The van der Waals surface area contributed by atoms with Crippen molar-refractivity contribution in [1.29, 1.82) is 5.26 Å². The zero-order valence-corrected chi connectivity index (χ0v) is 11.4. The Morgan fingerprint density at radius 2 is 2.20 bits per heavy atom. The lowest BCUT2D eigenvalue weighted by Gasteiger charge is -2.18. The molecule has 1 aromatic rings. The topological polar surface area (TPSA) is 62.1 Å². The van der Waals surface area contributed by atoms with Crippen molar-refractivity contribution < 1.29 is 13.9 Å². The van der Waals surface area contributed by atoms with Gasteiger partial charge in [-0.2, -0.15) is 5.26 Å². The van der Waals surface area contributed by atoms with Gasteiger partial charge in [0.1, 0.15) is 0 Å². The highest BCUT2D eigenvalue weighted by molar-refractivity contribution is 5.81. The molecule has 0 bridgehead atoms. The van der Waals surface area contributed by atoms with E-state index in [1.54, 1.807) is 6.92 Å². The Hall–Kier alpha value is -2.09. The molecule has 20 heavy (non-hydrogen) atoms. The van der Waals surface area contributed by atoms with Crippen LogP contribution in [0.4, 0.5) is 4.39 Å². The molecule has 106 valence electrons. The molecule has 1 N–H and O–H groups in total. The van der Waals surface area contributed by atoms with Gasteiger partial charge < -0.3 is 10.1 Å². The van der Waals surface area contributed by atoms with Crippen LogP contribution in [0, 0.1) is 17.1 Å². The summed E-state index contributed by atoms with van der Waals surface area (Å²) in [7, 11) is 0. The monoisotopic (exact) mass is 276 g/mol. The highest BCUT2D eigenvalue weighted by atomic mass is 19.1. The van der Waals surface area contributed by atoms with Crippen LogP contribution in [0.25, 0.3) is 0 Å². The summed E-state index contributed by atoms with van der Waals surface area (Å²) in [6.45, 7) is 1.59. The first-order valence-electron chi connectivity index (χ1n) is 6.77. The van der Waals surface area contributed by atoms with E-state index in [-0.39, 0.29) is 23.3 Å². The van der Waals surface area contributed by atoms with Crippen molar-refractivity contribution in [2.75, 3.05) is 0 Å². The molecular weight excluding hydrogens is 259 g/mol. The molecule has 0 heterocycles. The maximum Gasteiger partial charge on any atom is 0.260 e. The van der Waals surface area contributed by atoms with E-state index in [2.05, 4.69) is 5.32 Å². The fourth-order valence-corrected chi connectivity index (χ4v) is 2.30. The standard InChI is InChI=1S/C15H17FN2O2/c1-10(15(19)18-12-4-2-3-5-12)20-14-7-6-11(9-17)8-13(14)16/h6-8,10,12H,2-5H2,1H3,(H,18,19). The van der Waals surface area contributed by atoms with Crippen molar-refractivity contribution in [3.63, 3.8) is 0 Å². The second-order valence-corrected chi connectivity index (χ2v) is 5.01. The van der Waals surface area contributed by atoms with Crippen LogP contribution in [0.15, 0.2) is 18.2 Å². The smallest absolute Gasteiger partial charge is 0.260 e. The highest BCUT2D eigenvalue weighted by Crippen LogP contribution is 2.20. The van der Waals surface area contributed by atoms with Gasteiger partial charge in [0.15, 0.2) is 17.7 Å². The quantitative estimate of drug-likeness (QED) is 0.919. The second-order valence-electron chi connectivity index (χ2n) is 5.01. The predicted molar refractivity (Wildman–Crippen MR) is 71.6 cm³/mol. The minimum atomic E-state index is -0.766. The maximum atomic E-state index is 13.7. The summed E-state index contributed by atoms with van der Waals surface area (Å²) in [5, 5.41) is 11.6. The summed E-state index contributed by atoms with van der Waals surface area (Å²) in [5.74, 6) is -0.886. The van der Waals surface area contributed by atoms with Gasteiger partial charge in [-0.3, -0.25) is 4.79 Å². The molecule has 1 aliphatic carbocycles. The van der Waals surface area contributed by atoms with E-state index >= 15 is 0 Å². The van der Waals surface area contributed by atoms with Crippen LogP contribution >= 0.6 is 0 Å². The molecule has 1 amide bonds. The van der Waals surface area contributed by atoms with Gasteiger partial charge in [-0.15, -0.1) is 0 Å². The summed E-state index contributed by atoms with van der Waals surface area (Å²) < 4.78 is 19.0. The van der Waals surface area contributed by atoms with Gasteiger partial charge in [-0.1, -0.05) is 12.8 Å².